The van der Waals surface area contributed by atoms with Crippen molar-refractivity contribution in [1.82, 2.24) is 8.87 Å². The number of carbonyl (C=O) groups excluding carboxylic acids is 1. The zero-order chi connectivity index (χ0) is 21.6. The molecule has 31 heavy (non-hydrogen) atoms. The van der Waals surface area contributed by atoms with E-state index in [-0.39, 0.29) is 29.4 Å². The van der Waals surface area contributed by atoms with Crippen LogP contribution in [0.5, 0.6) is 0 Å². The Morgan fingerprint density at radius 1 is 1.03 bits per heavy atom. The van der Waals surface area contributed by atoms with E-state index in [0.717, 1.165) is 30.5 Å². The molecule has 9 heteroatoms. The van der Waals surface area contributed by atoms with Crippen molar-refractivity contribution in [3.05, 3.63) is 58.6 Å². The van der Waals surface area contributed by atoms with Crippen LogP contribution in [0, 0.1) is 0 Å². The largest absolute Gasteiger partial charge is 0.419 e. The molecule has 0 radical (unpaired) electrons. The summed E-state index contributed by atoms with van der Waals surface area (Å²) in [5, 5.41) is 0. The third-order valence-electron chi connectivity index (χ3n) is 6.08. The van der Waals surface area contributed by atoms with Gasteiger partial charge in [0.2, 0.25) is 15.9 Å². The molecule has 2 aliphatic rings. The molecule has 1 amide bonds. The van der Waals surface area contributed by atoms with Crippen molar-refractivity contribution in [3.63, 3.8) is 0 Å². The predicted octanol–water partition coefficient (Wildman–Crippen LogP) is 2.36. The molecule has 8 nitrogen and oxygen atoms in total. The fraction of sp³-hybridized carbons (Fsp3) is 0.364. The molecular formula is C22H23N3O5S. The molecule has 0 unspecified atom stereocenters. The smallest absolute Gasteiger partial charge is 0.408 e. The number of sulfonamides is 1. The maximum atomic E-state index is 12.8. The van der Waals surface area contributed by atoms with Gasteiger partial charge in [0, 0.05) is 44.4 Å². The van der Waals surface area contributed by atoms with Gasteiger partial charge in [-0.25, -0.2) is 13.2 Å². The minimum Gasteiger partial charge on any atom is -0.408 e. The summed E-state index contributed by atoms with van der Waals surface area (Å²) in [4.78, 5) is 27.0. The maximum absolute atomic E-state index is 12.8. The summed E-state index contributed by atoms with van der Waals surface area (Å²) < 4.78 is 33.7. The van der Waals surface area contributed by atoms with Gasteiger partial charge in [0.15, 0.2) is 5.58 Å². The van der Waals surface area contributed by atoms with E-state index in [1.165, 1.54) is 21.0 Å². The molecule has 5 rings (SSSR count). The van der Waals surface area contributed by atoms with Gasteiger partial charge in [-0.05, 0) is 43.0 Å². The first-order valence-corrected chi connectivity index (χ1v) is 11.9. The third kappa shape index (κ3) is 3.47. The van der Waals surface area contributed by atoms with Crippen molar-refractivity contribution in [2.75, 3.05) is 24.5 Å². The average Bonchev–Trinajstić information content (AvgIpc) is 3.50. The topological polar surface area (TPSA) is 92.8 Å². The van der Waals surface area contributed by atoms with Crippen LogP contribution >= 0.6 is 0 Å². The van der Waals surface area contributed by atoms with E-state index >= 15 is 0 Å². The molecule has 0 spiro atoms. The lowest BCUT2D eigenvalue weighted by molar-refractivity contribution is -0.118. The van der Waals surface area contributed by atoms with E-state index in [4.69, 9.17) is 4.42 Å². The number of para-hydroxylation sites is 1. The number of hydrogen-bond donors (Lipinski definition) is 0. The first-order valence-electron chi connectivity index (χ1n) is 10.5. The van der Waals surface area contributed by atoms with Gasteiger partial charge >= 0.3 is 5.76 Å². The molecule has 1 aromatic heterocycles. The summed E-state index contributed by atoms with van der Waals surface area (Å²) in [7, 11) is -3.60. The summed E-state index contributed by atoms with van der Waals surface area (Å²) in [6.45, 7) is 1.82. The van der Waals surface area contributed by atoms with Crippen LogP contribution in [0.1, 0.15) is 24.8 Å². The summed E-state index contributed by atoms with van der Waals surface area (Å²) in [5.74, 6) is -0.653. The van der Waals surface area contributed by atoms with Gasteiger partial charge < -0.3 is 9.32 Å². The molecule has 2 aliphatic heterocycles. The number of hydrogen-bond acceptors (Lipinski definition) is 5. The van der Waals surface area contributed by atoms with Crippen LogP contribution in [0.4, 0.5) is 5.69 Å². The van der Waals surface area contributed by atoms with Crippen LogP contribution in [-0.4, -0.2) is 42.8 Å². The molecule has 0 atom stereocenters. The second-order valence-electron chi connectivity index (χ2n) is 7.93. The van der Waals surface area contributed by atoms with E-state index in [9.17, 15) is 18.0 Å². The normalized spacial score (nSPS) is 16.8. The van der Waals surface area contributed by atoms with E-state index in [1.807, 2.05) is 24.3 Å². The molecule has 162 valence electrons. The van der Waals surface area contributed by atoms with Crippen LogP contribution in [0.15, 0.2) is 56.6 Å². The highest BCUT2D eigenvalue weighted by atomic mass is 32.2. The monoisotopic (exact) mass is 441 g/mol. The molecule has 0 saturated carbocycles. The quantitative estimate of drug-likeness (QED) is 0.606. The minimum absolute atomic E-state index is 0.0561. The Morgan fingerprint density at radius 3 is 2.61 bits per heavy atom. The Labute approximate surface area is 179 Å². The van der Waals surface area contributed by atoms with Crippen LogP contribution in [0.2, 0.25) is 0 Å². The van der Waals surface area contributed by atoms with Gasteiger partial charge in [-0.2, -0.15) is 4.31 Å². The number of benzene rings is 2. The highest BCUT2D eigenvalue weighted by Gasteiger charge is 2.28. The summed E-state index contributed by atoms with van der Waals surface area (Å²) in [6.07, 6.45) is 2.67. The zero-order valence-corrected chi connectivity index (χ0v) is 17.8. The number of fused-ring (bicyclic) bond motifs is 2. The molecule has 0 N–H and O–H groups in total. The standard InChI is InChI=1S/C22H23N3O5S/c26-21(24-13-9-16-5-1-2-6-18(16)24)10-14-25-19-8-7-17(15-20(19)30-22(25)27)31(28,29)23-11-3-4-12-23/h1-2,5-8,15H,3-4,9-14H2. The van der Waals surface area contributed by atoms with Crippen molar-refractivity contribution < 1.29 is 17.6 Å². The van der Waals surface area contributed by atoms with Gasteiger partial charge in [0.25, 0.3) is 0 Å². The molecule has 0 bridgehead atoms. The lowest BCUT2D eigenvalue weighted by Crippen LogP contribution is -2.30. The number of aryl methyl sites for hydroxylation is 1. The lowest BCUT2D eigenvalue weighted by Gasteiger charge is -2.17. The molecule has 1 fully saturated rings. The molecule has 2 aromatic carbocycles. The molecule has 0 aliphatic carbocycles. The molecule has 1 saturated heterocycles. The van der Waals surface area contributed by atoms with Gasteiger partial charge in [0.1, 0.15) is 0 Å². The predicted molar refractivity (Wildman–Crippen MR) is 116 cm³/mol. The van der Waals surface area contributed by atoms with Crippen molar-refractivity contribution in [1.29, 1.82) is 0 Å². The van der Waals surface area contributed by atoms with Crippen molar-refractivity contribution in [2.24, 2.45) is 0 Å². The van der Waals surface area contributed by atoms with Crippen LogP contribution in [-0.2, 0) is 27.8 Å². The fourth-order valence-electron chi connectivity index (χ4n) is 4.44. The Bertz CT molecular complexity index is 1320. The lowest BCUT2D eigenvalue weighted by atomic mass is 10.2. The number of anilines is 1. The number of oxazole rings is 1. The first-order chi connectivity index (χ1) is 14.9. The van der Waals surface area contributed by atoms with Gasteiger partial charge in [0.05, 0.1) is 10.4 Å². The Morgan fingerprint density at radius 2 is 1.81 bits per heavy atom. The van der Waals surface area contributed by atoms with E-state index < -0.39 is 15.8 Å². The van der Waals surface area contributed by atoms with E-state index in [2.05, 4.69) is 0 Å². The highest BCUT2D eigenvalue weighted by Crippen LogP contribution is 2.28. The third-order valence-corrected chi connectivity index (χ3v) is 7.97. The van der Waals surface area contributed by atoms with Crippen molar-refractivity contribution in [2.45, 2.75) is 37.1 Å². The zero-order valence-electron chi connectivity index (χ0n) is 17.0. The number of aromatic nitrogens is 1. The summed E-state index contributed by atoms with van der Waals surface area (Å²) in [6, 6.07) is 12.3. The molecule has 3 aromatic rings. The number of rotatable bonds is 5. The first kappa shape index (κ1) is 20.0. The number of carbonyl (C=O) groups is 1. The van der Waals surface area contributed by atoms with Crippen LogP contribution in [0.25, 0.3) is 11.1 Å². The second kappa shape index (κ2) is 7.65. The Kier molecular flexibility index (Phi) is 4.94. The van der Waals surface area contributed by atoms with E-state index in [0.29, 0.717) is 25.2 Å². The van der Waals surface area contributed by atoms with E-state index in [1.54, 1.807) is 11.0 Å². The van der Waals surface area contributed by atoms with Gasteiger partial charge in [-0.1, -0.05) is 18.2 Å². The fourth-order valence-corrected chi connectivity index (χ4v) is 5.97. The SMILES string of the molecule is O=C(CCn1c(=O)oc2cc(S(=O)(=O)N3CCCC3)ccc21)N1CCc2ccccc21. The average molecular weight is 442 g/mol. The molecular weight excluding hydrogens is 418 g/mol. The summed E-state index contributed by atoms with van der Waals surface area (Å²) >= 11 is 0. The highest BCUT2D eigenvalue weighted by molar-refractivity contribution is 7.89. The minimum atomic E-state index is -3.60. The number of nitrogens with zero attached hydrogens (tertiary/aromatic N) is 3. The Hall–Kier alpha value is -2.91. The number of amides is 1. The van der Waals surface area contributed by atoms with Crippen LogP contribution < -0.4 is 10.7 Å². The van der Waals surface area contributed by atoms with Crippen molar-refractivity contribution in [3.8, 4) is 0 Å². The second-order valence-corrected chi connectivity index (χ2v) is 9.87. The van der Waals surface area contributed by atoms with Crippen molar-refractivity contribution >= 4 is 32.7 Å². The maximum Gasteiger partial charge on any atom is 0.419 e. The van der Waals surface area contributed by atoms with Gasteiger partial charge in [-0.15, -0.1) is 0 Å². The summed E-state index contributed by atoms with van der Waals surface area (Å²) in [5.41, 5.74) is 2.77. The Balaban J connectivity index is 1.37. The van der Waals surface area contributed by atoms with Crippen LogP contribution in [0.3, 0.4) is 0 Å². The van der Waals surface area contributed by atoms with Gasteiger partial charge in [-0.3, -0.25) is 9.36 Å². The molecule has 3 heterocycles.